The summed E-state index contributed by atoms with van der Waals surface area (Å²) in [5.74, 6) is 0.634. The second-order valence-electron chi connectivity index (χ2n) is 6.86. The third kappa shape index (κ3) is 4.22. The lowest BCUT2D eigenvalue weighted by Crippen LogP contribution is -2.31. The van der Waals surface area contributed by atoms with Crippen molar-refractivity contribution >= 4 is 11.6 Å². The highest BCUT2D eigenvalue weighted by atomic mass is 16.5. The van der Waals surface area contributed by atoms with Crippen LogP contribution in [-0.2, 0) is 6.54 Å². The van der Waals surface area contributed by atoms with Gasteiger partial charge >= 0.3 is 0 Å². The Morgan fingerprint density at radius 1 is 1.33 bits per heavy atom. The molecule has 0 unspecified atom stereocenters. The Morgan fingerprint density at radius 3 is 2.67 bits per heavy atom. The molecule has 142 valence electrons. The van der Waals surface area contributed by atoms with Crippen LogP contribution >= 0.6 is 0 Å². The van der Waals surface area contributed by atoms with Crippen molar-refractivity contribution in [3.63, 3.8) is 0 Å². The first-order valence-corrected chi connectivity index (χ1v) is 8.98. The number of aryl methyl sites for hydroxylation is 1. The van der Waals surface area contributed by atoms with Crippen LogP contribution in [0, 0.1) is 6.92 Å². The van der Waals surface area contributed by atoms with Crippen molar-refractivity contribution in [2.24, 2.45) is 0 Å². The number of carbonyl (C=O) groups excluding carboxylic acids is 1. The van der Waals surface area contributed by atoms with Crippen molar-refractivity contribution in [3.05, 3.63) is 69.6 Å². The Labute approximate surface area is 158 Å². The molecular formula is C21H25N3O3. The highest BCUT2D eigenvalue weighted by Gasteiger charge is 2.24. The summed E-state index contributed by atoms with van der Waals surface area (Å²) in [7, 11) is 3.33. The van der Waals surface area contributed by atoms with Crippen LogP contribution in [0.3, 0.4) is 0 Å². The fourth-order valence-electron chi connectivity index (χ4n) is 2.96. The number of methoxy groups -OCH3 is 1. The van der Waals surface area contributed by atoms with Gasteiger partial charge in [-0.3, -0.25) is 9.59 Å². The first-order chi connectivity index (χ1) is 12.9. The summed E-state index contributed by atoms with van der Waals surface area (Å²) < 4.78 is 6.85. The number of carbonyl (C=O) groups is 1. The second-order valence-corrected chi connectivity index (χ2v) is 6.86. The van der Waals surface area contributed by atoms with Gasteiger partial charge in [0.15, 0.2) is 0 Å². The van der Waals surface area contributed by atoms with Crippen LogP contribution in [0.1, 0.15) is 39.9 Å². The lowest BCUT2D eigenvalue weighted by atomic mass is 10.1. The summed E-state index contributed by atoms with van der Waals surface area (Å²) in [5.41, 5.74) is 3.09. The summed E-state index contributed by atoms with van der Waals surface area (Å²) in [6.07, 6.45) is 3.63. The molecule has 0 radical (unpaired) electrons. The van der Waals surface area contributed by atoms with Crippen molar-refractivity contribution in [2.75, 3.05) is 14.2 Å². The molecule has 0 bridgehead atoms. The number of ether oxygens (including phenoxy) is 1. The Balaban J connectivity index is 1.99. The van der Waals surface area contributed by atoms with Crippen molar-refractivity contribution in [1.82, 2.24) is 15.2 Å². The third-order valence-corrected chi connectivity index (χ3v) is 4.70. The van der Waals surface area contributed by atoms with Crippen LogP contribution < -0.4 is 20.9 Å². The van der Waals surface area contributed by atoms with Gasteiger partial charge in [-0.25, -0.2) is 0 Å². The van der Waals surface area contributed by atoms with Gasteiger partial charge in [0, 0.05) is 25.0 Å². The van der Waals surface area contributed by atoms with Crippen LogP contribution in [0.15, 0.2) is 41.8 Å². The molecule has 1 fully saturated rings. The molecular weight excluding hydrogens is 342 g/mol. The molecule has 6 heteroatoms. The van der Waals surface area contributed by atoms with E-state index < -0.39 is 0 Å². The van der Waals surface area contributed by atoms with Crippen molar-refractivity contribution < 1.29 is 9.53 Å². The van der Waals surface area contributed by atoms with Gasteiger partial charge in [-0.1, -0.05) is 18.7 Å². The average Bonchev–Trinajstić information content (AvgIpc) is 3.46. The minimum atomic E-state index is -0.189. The fourth-order valence-corrected chi connectivity index (χ4v) is 2.96. The zero-order valence-corrected chi connectivity index (χ0v) is 16.0. The lowest BCUT2D eigenvalue weighted by molar-refractivity contribution is 0.0950. The van der Waals surface area contributed by atoms with E-state index in [0.717, 1.165) is 29.7 Å². The number of pyridine rings is 1. The van der Waals surface area contributed by atoms with E-state index >= 15 is 0 Å². The predicted octanol–water partition coefficient (Wildman–Crippen LogP) is 2.30. The number of nitrogens with one attached hydrogen (secondary N) is 2. The summed E-state index contributed by atoms with van der Waals surface area (Å²) in [6.45, 7) is 6.21. The molecule has 1 aliphatic rings. The predicted molar refractivity (Wildman–Crippen MR) is 106 cm³/mol. The monoisotopic (exact) mass is 367 g/mol. The molecule has 0 atom stereocenters. The van der Waals surface area contributed by atoms with E-state index in [-0.39, 0.29) is 17.5 Å². The molecule has 0 aliphatic heterocycles. The molecule has 6 nitrogen and oxygen atoms in total. The minimum absolute atomic E-state index is 0.165. The molecule has 27 heavy (non-hydrogen) atoms. The Kier molecular flexibility index (Phi) is 5.35. The average molecular weight is 367 g/mol. The molecule has 2 aromatic rings. The maximum absolute atomic E-state index is 12.9. The lowest BCUT2D eigenvalue weighted by Gasteiger charge is -2.14. The van der Waals surface area contributed by atoms with Gasteiger partial charge in [0.2, 0.25) is 0 Å². The van der Waals surface area contributed by atoms with Gasteiger partial charge in [-0.05, 0) is 43.0 Å². The van der Waals surface area contributed by atoms with E-state index in [1.165, 1.54) is 0 Å². The number of amides is 1. The molecule has 0 saturated heterocycles. The van der Waals surface area contributed by atoms with Crippen LogP contribution in [0.2, 0.25) is 0 Å². The fraction of sp³-hybridized carbons (Fsp3) is 0.333. The molecule has 1 amide bonds. The summed E-state index contributed by atoms with van der Waals surface area (Å²) in [4.78, 5) is 25.4. The molecule has 3 rings (SSSR count). The summed E-state index contributed by atoms with van der Waals surface area (Å²) in [6, 6.07) is 7.64. The van der Waals surface area contributed by atoms with Crippen LogP contribution in [0.5, 0.6) is 5.75 Å². The van der Waals surface area contributed by atoms with Gasteiger partial charge in [0.25, 0.3) is 11.5 Å². The maximum Gasteiger partial charge on any atom is 0.260 e. The van der Waals surface area contributed by atoms with E-state index in [4.69, 9.17) is 4.74 Å². The molecule has 1 aromatic carbocycles. The first kappa shape index (κ1) is 18.8. The van der Waals surface area contributed by atoms with E-state index in [2.05, 4.69) is 17.2 Å². The van der Waals surface area contributed by atoms with Crippen molar-refractivity contribution in [3.8, 4) is 5.75 Å². The number of hydrogen-bond acceptors (Lipinski definition) is 4. The standard InChI is InChI=1S/C21H25N3O3/c1-13-9-15(5-8-19(13)27-4)11-24-12-16(20(25)23-17-6-7-17)10-18(21(24)26)14(2)22-3/h5,8-10,12,17,22H,2,6-7,11H2,1,3-4H3,(H,23,25). The number of benzene rings is 1. The quantitative estimate of drug-likeness (QED) is 0.788. The molecule has 1 aromatic heterocycles. The highest BCUT2D eigenvalue weighted by molar-refractivity contribution is 5.95. The van der Waals surface area contributed by atoms with Gasteiger partial charge in [0.05, 0.1) is 24.8 Å². The van der Waals surface area contributed by atoms with E-state index in [9.17, 15) is 9.59 Å². The molecule has 2 N–H and O–H groups in total. The topological polar surface area (TPSA) is 72.4 Å². The second kappa shape index (κ2) is 7.70. The van der Waals surface area contributed by atoms with E-state index in [0.29, 0.717) is 23.4 Å². The van der Waals surface area contributed by atoms with E-state index in [1.54, 1.807) is 31.0 Å². The third-order valence-electron chi connectivity index (χ3n) is 4.70. The Morgan fingerprint density at radius 2 is 2.07 bits per heavy atom. The van der Waals surface area contributed by atoms with Gasteiger partial charge < -0.3 is 19.9 Å². The number of nitrogens with zero attached hydrogens (tertiary/aromatic N) is 1. The van der Waals surface area contributed by atoms with Crippen LogP contribution in [0.4, 0.5) is 0 Å². The maximum atomic E-state index is 12.9. The number of hydrogen-bond donors (Lipinski definition) is 2. The zero-order chi connectivity index (χ0) is 19.6. The van der Waals surface area contributed by atoms with Gasteiger partial charge in [-0.2, -0.15) is 0 Å². The SMILES string of the molecule is C=C(NC)c1cc(C(=O)NC2CC2)cn(Cc2ccc(OC)c(C)c2)c1=O. The summed E-state index contributed by atoms with van der Waals surface area (Å²) in [5, 5.41) is 5.87. The Bertz CT molecular complexity index is 942. The highest BCUT2D eigenvalue weighted by Crippen LogP contribution is 2.21. The molecule has 0 spiro atoms. The van der Waals surface area contributed by atoms with Crippen molar-refractivity contribution in [2.45, 2.75) is 32.4 Å². The van der Waals surface area contributed by atoms with Crippen LogP contribution in [0.25, 0.3) is 5.70 Å². The number of aromatic nitrogens is 1. The summed E-state index contributed by atoms with van der Waals surface area (Å²) >= 11 is 0. The molecule has 1 heterocycles. The van der Waals surface area contributed by atoms with E-state index in [1.807, 2.05) is 25.1 Å². The molecule has 1 aliphatic carbocycles. The van der Waals surface area contributed by atoms with Gasteiger partial charge in [-0.15, -0.1) is 0 Å². The first-order valence-electron chi connectivity index (χ1n) is 8.98. The van der Waals surface area contributed by atoms with Crippen molar-refractivity contribution in [1.29, 1.82) is 0 Å². The van der Waals surface area contributed by atoms with Crippen LogP contribution in [-0.4, -0.2) is 30.7 Å². The zero-order valence-electron chi connectivity index (χ0n) is 16.0. The van der Waals surface area contributed by atoms with Gasteiger partial charge in [0.1, 0.15) is 5.75 Å². The number of rotatable bonds is 7. The largest absolute Gasteiger partial charge is 0.496 e. The smallest absolute Gasteiger partial charge is 0.260 e. The Hall–Kier alpha value is -3.02. The normalized spacial score (nSPS) is 13.1. The minimum Gasteiger partial charge on any atom is -0.496 e. The molecule has 1 saturated carbocycles.